The van der Waals surface area contributed by atoms with Crippen LogP contribution in [0.4, 0.5) is 0 Å². The highest BCUT2D eigenvalue weighted by Crippen LogP contribution is 2.15. The Morgan fingerprint density at radius 3 is 3.15 bits per heavy atom. The van der Waals surface area contributed by atoms with E-state index in [1.54, 1.807) is 0 Å². The molecule has 1 aromatic heterocycles. The van der Waals surface area contributed by atoms with E-state index in [9.17, 15) is 4.79 Å². The van der Waals surface area contributed by atoms with Crippen molar-refractivity contribution in [2.24, 2.45) is 5.92 Å². The number of aryl methyl sites for hydroxylation is 1. The van der Waals surface area contributed by atoms with E-state index in [1.807, 2.05) is 6.92 Å². The molecule has 1 N–H and O–H groups in total. The van der Waals surface area contributed by atoms with Crippen molar-refractivity contribution in [3.05, 3.63) is 10.6 Å². The third-order valence-corrected chi connectivity index (χ3v) is 4.54. The Bertz CT molecular complexity index is 435. The first-order chi connectivity index (χ1) is 9.70. The lowest BCUT2D eigenvalue weighted by Gasteiger charge is -2.30. The molecule has 6 heteroatoms. The van der Waals surface area contributed by atoms with Crippen LogP contribution in [-0.2, 0) is 6.42 Å². The van der Waals surface area contributed by atoms with Crippen molar-refractivity contribution in [3.8, 4) is 0 Å². The van der Waals surface area contributed by atoms with Gasteiger partial charge in [-0.2, -0.15) is 0 Å². The summed E-state index contributed by atoms with van der Waals surface area (Å²) in [6.45, 7) is 8.52. The third kappa shape index (κ3) is 4.24. The molecule has 1 saturated heterocycles. The lowest BCUT2D eigenvalue weighted by molar-refractivity contribution is 0.0953. The minimum Gasteiger partial charge on any atom is -0.351 e. The van der Waals surface area contributed by atoms with E-state index in [0.29, 0.717) is 4.88 Å². The second-order valence-corrected chi connectivity index (χ2v) is 6.31. The Morgan fingerprint density at radius 1 is 1.55 bits per heavy atom. The molecule has 0 spiro atoms. The number of nitrogens with one attached hydrogen (secondary N) is 1. The fourth-order valence-electron chi connectivity index (χ4n) is 2.69. The van der Waals surface area contributed by atoms with Crippen LogP contribution >= 0.6 is 11.5 Å². The molecule has 0 radical (unpaired) electrons. The number of aromatic nitrogens is 2. The largest absolute Gasteiger partial charge is 0.351 e. The molecule has 0 aromatic carbocycles. The SMILES string of the molecule is CCc1nnsc1C(=O)NCCCN1CCC[C@@H](C)C1. The van der Waals surface area contributed by atoms with E-state index < -0.39 is 0 Å². The molecule has 1 fully saturated rings. The predicted molar refractivity (Wildman–Crippen MR) is 81.1 cm³/mol. The fourth-order valence-corrected chi connectivity index (χ4v) is 3.35. The highest BCUT2D eigenvalue weighted by atomic mass is 32.1. The summed E-state index contributed by atoms with van der Waals surface area (Å²) >= 11 is 1.19. The van der Waals surface area contributed by atoms with Crippen molar-refractivity contribution in [2.75, 3.05) is 26.2 Å². The van der Waals surface area contributed by atoms with Crippen LogP contribution < -0.4 is 5.32 Å². The number of rotatable bonds is 6. The summed E-state index contributed by atoms with van der Waals surface area (Å²) in [6.07, 6.45) is 4.42. The molecule has 0 unspecified atom stereocenters. The third-order valence-electron chi connectivity index (χ3n) is 3.77. The predicted octanol–water partition coefficient (Wildman–Crippen LogP) is 1.95. The van der Waals surface area contributed by atoms with Crippen molar-refractivity contribution in [1.29, 1.82) is 0 Å². The van der Waals surface area contributed by atoms with Gasteiger partial charge in [0.25, 0.3) is 5.91 Å². The molecular formula is C14H24N4OS. The van der Waals surface area contributed by atoms with Gasteiger partial charge in [-0.15, -0.1) is 5.10 Å². The Labute approximate surface area is 124 Å². The zero-order chi connectivity index (χ0) is 14.4. The molecular weight excluding hydrogens is 272 g/mol. The van der Waals surface area contributed by atoms with Gasteiger partial charge in [-0.1, -0.05) is 18.3 Å². The first-order valence-corrected chi connectivity index (χ1v) is 8.29. The molecule has 20 heavy (non-hydrogen) atoms. The lowest BCUT2D eigenvalue weighted by atomic mass is 10.0. The highest BCUT2D eigenvalue weighted by molar-refractivity contribution is 7.08. The number of piperidine rings is 1. The summed E-state index contributed by atoms with van der Waals surface area (Å²) in [6, 6.07) is 0. The Hall–Kier alpha value is -1.01. The van der Waals surface area contributed by atoms with Crippen molar-refractivity contribution in [1.82, 2.24) is 19.8 Å². The van der Waals surface area contributed by atoms with Crippen LogP contribution in [0.5, 0.6) is 0 Å². The summed E-state index contributed by atoms with van der Waals surface area (Å²) in [5.41, 5.74) is 0.803. The number of amides is 1. The van der Waals surface area contributed by atoms with Gasteiger partial charge in [0.1, 0.15) is 4.88 Å². The Morgan fingerprint density at radius 2 is 2.40 bits per heavy atom. The first kappa shape index (κ1) is 15.4. The average Bonchev–Trinajstić information content (AvgIpc) is 2.92. The van der Waals surface area contributed by atoms with Crippen LogP contribution in [0.3, 0.4) is 0 Å². The van der Waals surface area contributed by atoms with Gasteiger partial charge in [0.15, 0.2) is 0 Å². The zero-order valence-electron chi connectivity index (χ0n) is 12.4. The van der Waals surface area contributed by atoms with E-state index in [0.717, 1.165) is 37.5 Å². The summed E-state index contributed by atoms with van der Waals surface area (Å²) in [5, 5.41) is 6.94. The molecule has 1 amide bonds. The molecule has 1 aliphatic rings. The van der Waals surface area contributed by atoms with Crippen molar-refractivity contribution in [3.63, 3.8) is 0 Å². The van der Waals surface area contributed by atoms with Crippen molar-refractivity contribution in [2.45, 2.75) is 39.5 Å². The molecule has 1 atom stereocenters. The minimum absolute atomic E-state index is 0.0242. The number of carbonyl (C=O) groups is 1. The van der Waals surface area contributed by atoms with Crippen LogP contribution in [0.25, 0.3) is 0 Å². The van der Waals surface area contributed by atoms with E-state index in [-0.39, 0.29) is 5.91 Å². The molecule has 0 saturated carbocycles. The standard InChI is InChI=1S/C14H24N4OS/c1-3-12-13(20-17-16-12)14(19)15-7-5-9-18-8-4-6-11(2)10-18/h11H,3-10H2,1-2H3,(H,15,19)/t11-/m1/s1. The molecule has 112 valence electrons. The molecule has 1 aromatic rings. The van der Waals surface area contributed by atoms with Crippen LogP contribution in [0, 0.1) is 5.92 Å². The van der Waals surface area contributed by atoms with Crippen molar-refractivity contribution >= 4 is 17.4 Å². The van der Waals surface area contributed by atoms with E-state index in [4.69, 9.17) is 0 Å². The van der Waals surface area contributed by atoms with Gasteiger partial charge in [-0.05, 0) is 56.2 Å². The van der Waals surface area contributed by atoms with Gasteiger partial charge in [-0.25, -0.2) is 0 Å². The van der Waals surface area contributed by atoms with E-state index in [2.05, 4.69) is 26.7 Å². The molecule has 0 bridgehead atoms. The number of nitrogens with zero attached hydrogens (tertiary/aromatic N) is 3. The van der Waals surface area contributed by atoms with Crippen LogP contribution in [-0.4, -0.2) is 46.6 Å². The second-order valence-electron chi connectivity index (χ2n) is 5.56. The maximum absolute atomic E-state index is 12.0. The Balaban J connectivity index is 1.67. The summed E-state index contributed by atoms with van der Waals surface area (Å²) < 4.78 is 3.85. The maximum Gasteiger partial charge on any atom is 0.264 e. The monoisotopic (exact) mass is 296 g/mol. The first-order valence-electron chi connectivity index (χ1n) is 7.52. The topological polar surface area (TPSA) is 58.1 Å². The number of hydrogen-bond acceptors (Lipinski definition) is 5. The minimum atomic E-state index is -0.0242. The number of carbonyl (C=O) groups excluding carboxylic acids is 1. The fraction of sp³-hybridized carbons (Fsp3) is 0.786. The number of likely N-dealkylation sites (tertiary alicyclic amines) is 1. The van der Waals surface area contributed by atoms with Crippen LogP contribution in [0.15, 0.2) is 0 Å². The lowest BCUT2D eigenvalue weighted by Crippen LogP contribution is -2.36. The number of hydrogen-bond donors (Lipinski definition) is 1. The summed E-state index contributed by atoms with van der Waals surface area (Å²) in [7, 11) is 0. The smallest absolute Gasteiger partial charge is 0.264 e. The van der Waals surface area contributed by atoms with Gasteiger partial charge in [0.05, 0.1) is 5.69 Å². The van der Waals surface area contributed by atoms with Crippen LogP contribution in [0.2, 0.25) is 0 Å². The van der Waals surface area contributed by atoms with Crippen LogP contribution in [0.1, 0.15) is 48.5 Å². The quantitative estimate of drug-likeness (QED) is 0.815. The van der Waals surface area contributed by atoms with E-state index in [1.165, 1.54) is 37.5 Å². The van der Waals surface area contributed by atoms with Crippen molar-refractivity contribution < 1.29 is 4.79 Å². The molecule has 2 heterocycles. The van der Waals surface area contributed by atoms with Gasteiger partial charge in [0, 0.05) is 13.1 Å². The zero-order valence-corrected chi connectivity index (χ0v) is 13.2. The summed E-state index contributed by atoms with van der Waals surface area (Å²) in [5.74, 6) is 0.789. The molecule has 1 aliphatic heterocycles. The van der Waals surface area contributed by atoms with Gasteiger partial charge < -0.3 is 10.2 Å². The molecule has 2 rings (SSSR count). The second kappa shape index (κ2) is 7.69. The van der Waals surface area contributed by atoms with E-state index >= 15 is 0 Å². The van der Waals surface area contributed by atoms with Gasteiger partial charge in [-0.3, -0.25) is 4.79 Å². The normalized spacial score (nSPS) is 20.0. The van der Waals surface area contributed by atoms with Gasteiger partial charge in [0.2, 0.25) is 0 Å². The highest BCUT2D eigenvalue weighted by Gasteiger charge is 2.16. The molecule has 5 nitrogen and oxygen atoms in total. The maximum atomic E-state index is 12.0. The summed E-state index contributed by atoms with van der Waals surface area (Å²) in [4.78, 5) is 15.2. The molecule has 0 aliphatic carbocycles. The van der Waals surface area contributed by atoms with Gasteiger partial charge >= 0.3 is 0 Å². The average molecular weight is 296 g/mol. The Kier molecular flexibility index (Phi) is 5.91.